The van der Waals surface area contributed by atoms with Crippen LogP contribution in [-0.2, 0) is 10.1 Å². The van der Waals surface area contributed by atoms with Gasteiger partial charge in [-0.2, -0.15) is 8.42 Å². The molecular weight excluding hydrogens is 432 g/mol. The van der Waals surface area contributed by atoms with Crippen molar-refractivity contribution >= 4 is 21.7 Å². The molecule has 2 aromatic rings. The fourth-order valence-electron chi connectivity index (χ4n) is 5.11. The monoisotopic (exact) mass is 458 g/mol. The van der Waals surface area contributed by atoms with Crippen LogP contribution >= 0.6 is 0 Å². The van der Waals surface area contributed by atoms with E-state index >= 15 is 0 Å². The molecule has 1 amide bonds. The van der Waals surface area contributed by atoms with E-state index in [0.717, 1.165) is 12.0 Å². The van der Waals surface area contributed by atoms with Gasteiger partial charge in [-0.3, -0.25) is 14.9 Å². The maximum absolute atomic E-state index is 12.6. The lowest BCUT2D eigenvalue weighted by Crippen LogP contribution is -2.40. The SMILES string of the molecule is Cc1ccc([N+](=O)[O-])cc1S(=O)(=O)Oc1ccc(C(=O)N[C@@H](C)[C@@H]2C[C@@H]3CC[C@@H]2C3)cc1. The molecule has 2 aliphatic rings. The molecule has 0 aliphatic heterocycles. The van der Waals surface area contributed by atoms with E-state index in [9.17, 15) is 23.3 Å². The minimum atomic E-state index is -4.27. The Kier molecular flexibility index (Phi) is 5.94. The van der Waals surface area contributed by atoms with E-state index in [0.29, 0.717) is 23.0 Å². The Morgan fingerprint density at radius 3 is 2.47 bits per heavy atom. The van der Waals surface area contributed by atoms with Crippen molar-refractivity contribution in [1.29, 1.82) is 0 Å². The second kappa shape index (κ2) is 8.54. The number of benzene rings is 2. The van der Waals surface area contributed by atoms with Crippen LogP contribution in [0.3, 0.4) is 0 Å². The molecule has 4 atom stereocenters. The minimum absolute atomic E-state index is 0.0219. The van der Waals surface area contributed by atoms with Crippen molar-refractivity contribution in [1.82, 2.24) is 5.32 Å². The van der Waals surface area contributed by atoms with Crippen LogP contribution in [0.15, 0.2) is 47.4 Å². The molecule has 170 valence electrons. The van der Waals surface area contributed by atoms with Crippen molar-refractivity contribution in [2.75, 3.05) is 0 Å². The number of carbonyl (C=O) groups is 1. The number of carbonyl (C=O) groups excluding carboxylic acids is 1. The molecule has 2 fully saturated rings. The molecule has 2 bridgehead atoms. The van der Waals surface area contributed by atoms with Crippen LogP contribution in [-0.4, -0.2) is 25.3 Å². The van der Waals surface area contributed by atoms with Crippen LogP contribution < -0.4 is 9.50 Å². The van der Waals surface area contributed by atoms with Crippen LogP contribution in [0.2, 0.25) is 0 Å². The van der Waals surface area contributed by atoms with Gasteiger partial charge in [0.15, 0.2) is 0 Å². The number of nitro benzene ring substituents is 1. The zero-order chi connectivity index (χ0) is 23.0. The highest BCUT2D eigenvalue weighted by Gasteiger charge is 2.42. The average molecular weight is 459 g/mol. The lowest BCUT2D eigenvalue weighted by atomic mass is 9.84. The third-order valence-electron chi connectivity index (χ3n) is 6.77. The number of non-ortho nitro benzene ring substituents is 1. The number of nitrogens with one attached hydrogen (secondary N) is 1. The lowest BCUT2D eigenvalue weighted by molar-refractivity contribution is -0.385. The summed E-state index contributed by atoms with van der Waals surface area (Å²) in [6.45, 7) is 3.58. The predicted molar refractivity (Wildman–Crippen MR) is 118 cm³/mol. The Balaban J connectivity index is 1.43. The van der Waals surface area contributed by atoms with Crippen LogP contribution in [0, 0.1) is 34.8 Å². The van der Waals surface area contributed by atoms with Gasteiger partial charge in [0.25, 0.3) is 11.6 Å². The third kappa shape index (κ3) is 4.48. The van der Waals surface area contributed by atoms with Gasteiger partial charge >= 0.3 is 10.1 Å². The van der Waals surface area contributed by atoms with Gasteiger partial charge in [-0.25, -0.2) is 0 Å². The van der Waals surface area contributed by atoms with Gasteiger partial charge in [0.1, 0.15) is 10.6 Å². The van der Waals surface area contributed by atoms with Crippen LogP contribution in [0.25, 0.3) is 0 Å². The Morgan fingerprint density at radius 2 is 1.88 bits per heavy atom. The number of nitrogens with zero attached hydrogens (tertiary/aromatic N) is 1. The van der Waals surface area contributed by atoms with Crippen molar-refractivity contribution in [3.8, 4) is 5.75 Å². The van der Waals surface area contributed by atoms with E-state index < -0.39 is 15.0 Å². The van der Waals surface area contributed by atoms with Crippen molar-refractivity contribution in [3.63, 3.8) is 0 Å². The fraction of sp³-hybridized carbons (Fsp3) is 0.435. The number of hydrogen-bond acceptors (Lipinski definition) is 6. The maximum atomic E-state index is 12.6. The van der Waals surface area contributed by atoms with Gasteiger partial charge in [0.05, 0.1) is 4.92 Å². The van der Waals surface area contributed by atoms with E-state index in [-0.39, 0.29) is 28.3 Å². The molecule has 0 radical (unpaired) electrons. The maximum Gasteiger partial charge on any atom is 0.339 e. The van der Waals surface area contributed by atoms with Crippen molar-refractivity contribution in [2.45, 2.75) is 50.5 Å². The molecule has 9 heteroatoms. The first-order chi connectivity index (χ1) is 15.1. The van der Waals surface area contributed by atoms with Gasteiger partial charge in [-0.05, 0) is 80.7 Å². The second-order valence-corrected chi connectivity index (χ2v) is 10.4. The number of aryl methyl sites for hydroxylation is 1. The van der Waals surface area contributed by atoms with Crippen molar-refractivity contribution in [2.24, 2.45) is 17.8 Å². The molecule has 32 heavy (non-hydrogen) atoms. The van der Waals surface area contributed by atoms with E-state index in [2.05, 4.69) is 12.2 Å². The number of rotatable bonds is 7. The summed E-state index contributed by atoms with van der Waals surface area (Å²) in [7, 11) is -4.27. The largest absolute Gasteiger partial charge is 0.379 e. The van der Waals surface area contributed by atoms with Crippen molar-refractivity contribution < 1.29 is 22.3 Å². The molecule has 2 aliphatic carbocycles. The number of amides is 1. The van der Waals surface area contributed by atoms with Gasteiger partial charge in [-0.15, -0.1) is 0 Å². The summed E-state index contributed by atoms with van der Waals surface area (Å²) in [4.78, 5) is 22.7. The number of hydrogen-bond donors (Lipinski definition) is 1. The summed E-state index contributed by atoms with van der Waals surface area (Å²) in [6.07, 6.45) is 5.01. The molecule has 8 nitrogen and oxygen atoms in total. The summed E-state index contributed by atoms with van der Waals surface area (Å²) in [6, 6.07) is 9.48. The quantitative estimate of drug-likeness (QED) is 0.377. The molecule has 2 saturated carbocycles. The number of fused-ring (bicyclic) bond motifs is 2. The lowest BCUT2D eigenvalue weighted by Gasteiger charge is -2.28. The molecule has 2 aromatic carbocycles. The zero-order valence-electron chi connectivity index (χ0n) is 18.0. The third-order valence-corrected chi connectivity index (χ3v) is 8.16. The molecule has 0 unspecified atom stereocenters. The van der Waals surface area contributed by atoms with Crippen LogP contribution in [0.4, 0.5) is 5.69 Å². The molecule has 0 aromatic heterocycles. The molecule has 0 spiro atoms. The van der Waals surface area contributed by atoms with Crippen molar-refractivity contribution in [3.05, 3.63) is 63.7 Å². The Hall–Kier alpha value is -2.94. The topological polar surface area (TPSA) is 116 Å². The summed E-state index contributed by atoms with van der Waals surface area (Å²) in [5, 5.41) is 14.1. The first-order valence-electron chi connectivity index (χ1n) is 10.7. The van der Waals surface area contributed by atoms with E-state index in [1.54, 1.807) is 0 Å². The zero-order valence-corrected chi connectivity index (χ0v) is 18.8. The summed E-state index contributed by atoms with van der Waals surface area (Å²) >= 11 is 0. The first kappa shape index (κ1) is 22.3. The summed E-state index contributed by atoms with van der Waals surface area (Å²) in [5.41, 5.74) is 0.409. The molecule has 0 heterocycles. The Morgan fingerprint density at radius 1 is 1.16 bits per heavy atom. The summed E-state index contributed by atoms with van der Waals surface area (Å²) < 4.78 is 30.4. The smallest absolute Gasteiger partial charge is 0.339 e. The van der Waals surface area contributed by atoms with Gasteiger partial charge in [-0.1, -0.05) is 12.5 Å². The van der Waals surface area contributed by atoms with Crippen LogP contribution in [0.5, 0.6) is 5.75 Å². The fourth-order valence-corrected chi connectivity index (χ4v) is 6.29. The minimum Gasteiger partial charge on any atom is -0.379 e. The predicted octanol–water partition coefficient (Wildman–Crippen LogP) is 4.23. The molecular formula is C23H26N2O6S. The van der Waals surface area contributed by atoms with Crippen LogP contribution in [0.1, 0.15) is 48.5 Å². The average Bonchev–Trinajstić information content (AvgIpc) is 3.37. The molecule has 0 saturated heterocycles. The molecule has 1 N–H and O–H groups in total. The van der Waals surface area contributed by atoms with E-state index in [4.69, 9.17) is 4.18 Å². The molecule has 4 rings (SSSR count). The number of nitro groups is 1. The normalized spacial score (nSPS) is 23.0. The first-order valence-corrected chi connectivity index (χ1v) is 12.2. The van der Waals surface area contributed by atoms with Gasteiger partial charge in [0, 0.05) is 23.7 Å². The Labute approximate surface area is 187 Å². The van der Waals surface area contributed by atoms with E-state index in [1.807, 2.05) is 0 Å². The highest BCUT2D eigenvalue weighted by atomic mass is 32.2. The van der Waals surface area contributed by atoms with E-state index in [1.165, 1.54) is 69.0 Å². The standard InChI is InChI=1S/C23H26N2O6S/c1-14-3-8-19(25(27)28)13-22(14)32(29,30)31-20-9-6-17(7-10-20)23(26)24-15(2)21-12-16-4-5-18(21)11-16/h3,6-10,13,15-16,18,21H,4-5,11-12H2,1-2H3,(H,24,26)/t15-,16+,18+,21-/m0/s1. The van der Waals surface area contributed by atoms with Gasteiger partial charge in [0.2, 0.25) is 0 Å². The Bertz CT molecular complexity index is 1150. The summed E-state index contributed by atoms with van der Waals surface area (Å²) in [5.74, 6) is 1.84. The second-order valence-electron chi connectivity index (χ2n) is 8.87. The highest BCUT2D eigenvalue weighted by molar-refractivity contribution is 7.87. The highest BCUT2D eigenvalue weighted by Crippen LogP contribution is 2.49. The van der Waals surface area contributed by atoms with Gasteiger partial charge < -0.3 is 9.50 Å².